The average molecular weight is 444 g/mol. The Morgan fingerprint density at radius 1 is 1.23 bits per heavy atom. The lowest BCUT2D eigenvalue weighted by atomic mass is 10.1. The van der Waals surface area contributed by atoms with E-state index in [-0.39, 0.29) is 11.8 Å². The van der Waals surface area contributed by atoms with Gasteiger partial charge in [-0.2, -0.15) is 18.3 Å². The number of hydrazone groups is 1. The van der Waals surface area contributed by atoms with Crippen LogP contribution < -0.4 is 5.32 Å². The van der Waals surface area contributed by atoms with Gasteiger partial charge in [-0.3, -0.25) is 4.79 Å². The number of nitrogens with one attached hydrogen (secondary N) is 1. The largest absolute Gasteiger partial charge is 0.430 e. The van der Waals surface area contributed by atoms with Crippen LogP contribution >= 0.6 is 0 Å². The molecule has 10 heteroatoms. The highest BCUT2D eigenvalue weighted by molar-refractivity contribution is 5.97. The van der Waals surface area contributed by atoms with Gasteiger partial charge in [0.05, 0.1) is 5.92 Å². The predicted octanol–water partition coefficient (Wildman–Crippen LogP) is 5.69. The lowest BCUT2D eigenvalue weighted by Gasteiger charge is -2.23. The minimum atomic E-state index is -4.65. The molecule has 1 atom stereocenters. The molecule has 1 fully saturated rings. The summed E-state index contributed by atoms with van der Waals surface area (Å²) in [5.41, 5.74) is -1.47. The Labute approximate surface area is 178 Å². The molecule has 0 aromatic heterocycles. The molecule has 31 heavy (non-hydrogen) atoms. The third kappa shape index (κ3) is 7.95. The fraction of sp³-hybridized carbons (Fsp3) is 0.381. The first-order valence-electron chi connectivity index (χ1n) is 9.29. The van der Waals surface area contributed by atoms with E-state index >= 15 is 0 Å². The van der Waals surface area contributed by atoms with Crippen LogP contribution in [0.2, 0.25) is 0 Å². The zero-order valence-corrected chi connectivity index (χ0v) is 17.6. The van der Waals surface area contributed by atoms with Crippen LogP contribution in [0.4, 0.5) is 22.0 Å². The van der Waals surface area contributed by atoms with E-state index in [4.69, 9.17) is 0 Å². The highest BCUT2D eigenvalue weighted by Gasteiger charge is 2.35. The van der Waals surface area contributed by atoms with Gasteiger partial charge in [0.25, 0.3) is 0 Å². The molecule has 5 nitrogen and oxygen atoms in total. The summed E-state index contributed by atoms with van der Waals surface area (Å²) in [6.07, 6.45) is 0.531. The van der Waals surface area contributed by atoms with Crippen molar-refractivity contribution in [3.05, 3.63) is 61.1 Å². The van der Waals surface area contributed by atoms with Crippen molar-refractivity contribution in [2.24, 2.45) is 21.9 Å². The maximum absolute atomic E-state index is 13.3. The minimum absolute atomic E-state index is 0.0373. The maximum Gasteiger partial charge on any atom is 0.430 e. The van der Waals surface area contributed by atoms with Gasteiger partial charge in [0.2, 0.25) is 5.91 Å². The number of carbonyl (C=O) groups excluding carboxylic acids is 1. The Kier molecular flexibility index (Phi) is 9.08. The number of alkyl halides is 3. The lowest BCUT2D eigenvalue weighted by Crippen LogP contribution is -2.31. The maximum atomic E-state index is 13.3. The van der Waals surface area contributed by atoms with E-state index in [1.54, 1.807) is 0 Å². The zero-order chi connectivity index (χ0) is 23.9. The fourth-order valence-electron chi connectivity index (χ4n) is 2.22. The van der Waals surface area contributed by atoms with E-state index in [1.165, 1.54) is 19.1 Å². The summed E-state index contributed by atoms with van der Waals surface area (Å²) in [6, 6.07) is 0. The second-order valence-corrected chi connectivity index (χ2v) is 6.88. The van der Waals surface area contributed by atoms with Gasteiger partial charge in [-0.05, 0) is 32.8 Å². The molecule has 1 rings (SSSR count). The first-order chi connectivity index (χ1) is 14.3. The van der Waals surface area contributed by atoms with E-state index in [2.05, 4.69) is 35.1 Å². The van der Waals surface area contributed by atoms with Gasteiger partial charge in [-0.1, -0.05) is 32.7 Å². The number of amides is 1. The van der Waals surface area contributed by atoms with Crippen LogP contribution in [0.1, 0.15) is 33.6 Å². The summed E-state index contributed by atoms with van der Waals surface area (Å²) in [5.74, 6) is -3.89. The van der Waals surface area contributed by atoms with Crippen molar-refractivity contribution >= 4 is 17.5 Å². The Hall–Kier alpha value is -3.04. The Morgan fingerprint density at radius 3 is 2.23 bits per heavy atom. The number of aliphatic imine (C=N–C) groups is 1. The second-order valence-electron chi connectivity index (χ2n) is 6.88. The molecule has 1 aliphatic carbocycles. The smallest absolute Gasteiger partial charge is 0.321 e. The molecule has 0 saturated heterocycles. The van der Waals surface area contributed by atoms with Crippen molar-refractivity contribution in [2.45, 2.75) is 39.8 Å². The summed E-state index contributed by atoms with van der Waals surface area (Å²) < 4.78 is 65.7. The van der Waals surface area contributed by atoms with Crippen LogP contribution in [0.5, 0.6) is 0 Å². The summed E-state index contributed by atoms with van der Waals surface area (Å²) >= 11 is 0. The van der Waals surface area contributed by atoms with Crippen molar-refractivity contribution in [3.8, 4) is 0 Å². The molecule has 170 valence electrons. The topological polar surface area (TPSA) is 57.1 Å². The van der Waals surface area contributed by atoms with Crippen molar-refractivity contribution in [2.75, 3.05) is 0 Å². The summed E-state index contributed by atoms with van der Waals surface area (Å²) in [4.78, 5) is 16.2. The summed E-state index contributed by atoms with van der Waals surface area (Å²) in [6.45, 7) is 13.4. The molecule has 1 unspecified atom stereocenters. The normalized spacial score (nSPS) is 17.2. The van der Waals surface area contributed by atoms with E-state index in [9.17, 15) is 26.7 Å². The number of hydrogen-bond acceptors (Lipinski definition) is 3. The van der Waals surface area contributed by atoms with Gasteiger partial charge in [0.15, 0.2) is 5.84 Å². The van der Waals surface area contributed by atoms with Crippen molar-refractivity contribution in [3.63, 3.8) is 0 Å². The molecule has 0 spiro atoms. The molecule has 0 aromatic rings. The summed E-state index contributed by atoms with van der Waals surface area (Å²) in [7, 11) is 0. The molecule has 1 saturated carbocycles. The molecule has 1 N–H and O–H groups in total. The predicted molar refractivity (Wildman–Crippen MR) is 111 cm³/mol. The highest BCUT2D eigenvalue weighted by Crippen LogP contribution is 2.38. The first kappa shape index (κ1) is 26.0. The molecule has 0 bridgehead atoms. The third-order valence-electron chi connectivity index (χ3n) is 4.23. The molecule has 1 aliphatic rings. The molecule has 1 amide bonds. The quantitative estimate of drug-likeness (QED) is 0.163. The number of hydrogen-bond donors (Lipinski definition) is 1. The summed E-state index contributed by atoms with van der Waals surface area (Å²) in [5, 5.41) is 6.66. The van der Waals surface area contributed by atoms with Crippen LogP contribution in [0.15, 0.2) is 71.2 Å². The third-order valence-corrected chi connectivity index (χ3v) is 4.23. The van der Waals surface area contributed by atoms with Gasteiger partial charge in [-0.25, -0.2) is 18.8 Å². The van der Waals surface area contributed by atoms with Crippen LogP contribution in [-0.4, -0.2) is 28.6 Å². The van der Waals surface area contributed by atoms with E-state index in [0.717, 1.165) is 37.9 Å². The number of rotatable bonds is 9. The Balaban J connectivity index is 3.18. The molecule has 0 aliphatic heterocycles. The fourth-order valence-corrected chi connectivity index (χ4v) is 2.22. The van der Waals surface area contributed by atoms with E-state index < -0.39 is 41.1 Å². The van der Waals surface area contributed by atoms with Crippen LogP contribution in [0.3, 0.4) is 0 Å². The number of nitrogens with zero attached hydrogens (tertiary/aromatic N) is 3. The van der Waals surface area contributed by atoms with Crippen molar-refractivity contribution < 1.29 is 26.7 Å². The average Bonchev–Trinajstić information content (AvgIpc) is 3.50. The molecule has 0 heterocycles. The Bertz CT molecular complexity index is 859. The molecule has 0 radical (unpaired) electrons. The lowest BCUT2D eigenvalue weighted by molar-refractivity contribution is -0.122. The SMILES string of the molecule is C=CN=C(/C=C\C(C)C(=O)N/C(C(=C)F)=C(/C)F)N(/N=C(\C)C(F)(F)F)C(=C)C1CC1. The standard InChI is InChI=1S/C21H25F5N4O/c1-7-27-18(11-8-12(2)20(31)28-19(13(3)22)14(4)23)30(15(5)17-9-10-17)29-16(6)21(24,25)26/h7-8,11-12,17H,1,3,5,9-10H2,2,4,6H3,(H,28,31)/b11-8-,19-14-,27-18?,29-16+. The van der Waals surface area contributed by atoms with Gasteiger partial charge in [-0.15, -0.1) is 0 Å². The van der Waals surface area contributed by atoms with E-state index in [1.807, 2.05) is 0 Å². The van der Waals surface area contributed by atoms with Crippen LogP contribution in [0, 0.1) is 11.8 Å². The molecular weight excluding hydrogens is 419 g/mol. The number of amidine groups is 1. The van der Waals surface area contributed by atoms with Gasteiger partial charge >= 0.3 is 6.18 Å². The van der Waals surface area contributed by atoms with Gasteiger partial charge in [0.1, 0.15) is 23.1 Å². The van der Waals surface area contributed by atoms with Crippen LogP contribution in [-0.2, 0) is 4.79 Å². The van der Waals surface area contributed by atoms with Crippen LogP contribution in [0.25, 0.3) is 0 Å². The van der Waals surface area contributed by atoms with Crippen molar-refractivity contribution in [1.29, 1.82) is 0 Å². The zero-order valence-electron chi connectivity index (χ0n) is 17.6. The van der Waals surface area contributed by atoms with Gasteiger partial charge in [0, 0.05) is 17.8 Å². The molecular formula is C21H25F5N4O. The number of carbonyl (C=O) groups is 1. The minimum Gasteiger partial charge on any atom is -0.321 e. The molecule has 0 aromatic carbocycles. The second kappa shape index (κ2) is 10.8. The first-order valence-corrected chi connectivity index (χ1v) is 9.29. The number of allylic oxidation sites excluding steroid dienone is 3. The Morgan fingerprint density at radius 2 is 1.81 bits per heavy atom. The monoisotopic (exact) mass is 444 g/mol. The highest BCUT2D eigenvalue weighted by atomic mass is 19.4. The van der Waals surface area contributed by atoms with Crippen molar-refractivity contribution in [1.82, 2.24) is 10.3 Å². The van der Waals surface area contributed by atoms with E-state index in [0.29, 0.717) is 5.70 Å². The van der Waals surface area contributed by atoms with Gasteiger partial charge < -0.3 is 5.32 Å². The number of halogens is 5.